The number of carbonyl (C=O) groups is 1. The average Bonchev–Trinajstić information content (AvgIpc) is 2.90. The van der Waals surface area contributed by atoms with Crippen molar-refractivity contribution in [1.82, 2.24) is 9.97 Å². The second kappa shape index (κ2) is 5.56. The molecule has 1 aliphatic carbocycles. The highest BCUT2D eigenvalue weighted by Gasteiger charge is 2.31. The lowest BCUT2D eigenvalue weighted by atomic mass is 9.85. The van der Waals surface area contributed by atoms with Crippen molar-refractivity contribution in [3.05, 3.63) is 40.7 Å². The summed E-state index contributed by atoms with van der Waals surface area (Å²) >= 11 is 1.62. The molecule has 5 heteroatoms. The summed E-state index contributed by atoms with van der Waals surface area (Å²) in [6.07, 6.45) is 8.01. The molecular formula is C16H19N3OS. The minimum atomic E-state index is -0.625. The molecule has 3 rings (SSSR count). The molecule has 1 aliphatic rings. The largest absolute Gasteiger partial charge is 0.301 e. The van der Waals surface area contributed by atoms with Gasteiger partial charge in [0, 0.05) is 17.3 Å². The van der Waals surface area contributed by atoms with E-state index in [1.54, 1.807) is 23.7 Å². The van der Waals surface area contributed by atoms with Gasteiger partial charge in [-0.1, -0.05) is 6.07 Å². The fourth-order valence-corrected chi connectivity index (χ4v) is 3.57. The Labute approximate surface area is 128 Å². The smallest absolute Gasteiger partial charge is 0.236 e. The Morgan fingerprint density at radius 2 is 2.14 bits per heavy atom. The number of hydrogen-bond donors (Lipinski definition) is 1. The summed E-state index contributed by atoms with van der Waals surface area (Å²) in [7, 11) is 0. The molecule has 2 heterocycles. The van der Waals surface area contributed by atoms with Crippen LogP contribution in [-0.4, -0.2) is 15.9 Å². The van der Waals surface area contributed by atoms with Crippen LogP contribution >= 0.6 is 11.3 Å². The van der Waals surface area contributed by atoms with Crippen LogP contribution in [0.3, 0.4) is 0 Å². The molecule has 1 N–H and O–H groups in total. The van der Waals surface area contributed by atoms with Gasteiger partial charge in [-0.15, -0.1) is 11.3 Å². The molecule has 4 nitrogen and oxygen atoms in total. The van der Waals surface area contributed by atoms with E-state index < -0.39 is 5.41 Å². The van der Waals surface area contributed by atoms with Gasteiger partial charge in [-0.3, -0.25) is 9.78 Å². The molecule has 2 aromatic rings. The van der Waals surface area contributed by atoms with E-state index in [1.807, 2.05) is 26.0 Å². The fourth-order valence-electron chi connectivity index (χ4n) is 2.52. The zero-order chi connectivity index (χ0) is 14.9. The molecule has 1 amide bonds. The van der Waals surface area contributed by atoms with Crippen LogP contribution in [0.4, 0.5) is 5.13 Å². The van der Waals surface area contributed by atoms with E-state index >= 15 is 0 Å². The van der Waals surface area contributed by atoms with Crippen molar-refractivity contribution in [1.29, 1.82) is 0 Å². The van der Waals surface area contributed by atoms with E-state index in [2.05, 4.69) is 15.3 Å². The molecule has 0 aromatic carbocycles. The maximum Gasteiger partial charge on any atom is 0.236 e. The first-order valence-corrected chi connectivity index (χ1v) is 8.09. The fraction of sp³-hybridized carbons (Fsp3) is 0.438. The predicted octanol–water partition coefficient (Wildman–Crippen LogP) is 3.33. The molecule has 110 valence electrons. The van der Waals surface area contributed by atoms with E-state index in [0.29, 0.717) is 0 Å². The van der Waals surface area contributed by atoms with Crippen LogP contribution in [0.15, 0.2) is 24.5 Å². The summed E-state index contributed by atoms with van der Waals surface area (Å²) < 4.78 is 0. The van der Waals surface area contributed by atoms with Crippen molar-refractivity contribution in [2.24, 2.45) is 0 Å². The summed E-state index contributed by atoms with van der Waals surface area (Å²) in [6, 6.07) is 3.78. The van der Waals surface area contributed by atoms with Crippen LogP contribution in [0.5, 0.6) is 0 Å². The lowest BCUT2D eigenvalue weighted by Crippen LogP contribution is -2.34. The summed E-state index contributed by atoms with van der Waals surface area (Å²) in [5.41, 5.74) is 1.45. The number of thiazole rings is 1. The lowest BCUT2D eigenvalue weighted by Gasteiger charge is -2.22. The third-order valence-corrected chi connectivity index (χ3v) is 5.09. The van der Waals surface area contributed by atoms with E-state index in [9.17, 15) is 4.79 Å². The normalized spacial score (nSPS) is 14.6. The summed E-state index contributed by atoms with van der Waals surface area (Å²) in [5.74, 6) is -0.0402. The second-order valence-corrected chi connectivity index (χ2v) is 7.00. The number of pyridine rings is 1. The highest BCUT2D eigenvalue weighted by atomic mass is 32.1. The third-order valence-electron chi connectivity index (χ3n) is 4.02. The topological polar surface area (TPSA) is 54.9 Å². The van der Waals surface area contributed by atoms with Gasteiger partial charge in [0.1, 0.15) is 0 Å². The quantitative estimate of drug-likeness (QED) is 0.946. The number of aryl methyl sites for hydroxylation is 2. The second-order valence-electron chi connectivity index (χ2n) is 5.92. The number of fused-ring (bicyclic) bond motifs is 1. The minimum Gasteiger partial charge on any atom is -0.301 e. The van der Waals surface area contributed by atoms with Gasteiger partial charge in [-0.05, 0) is 51.2 Å². The Hall–Kier alpha value is -1.75. The van der Waals surface area contributed by atoms with Crippen LogP contribution in [-0.2, 0) is 23.1 Å². The Morgan fingerprint density at radius 3 is 2.86 bits per heavy atom. The van der Waals surface area contributed by atoms with Crippen molar-refractivity contribution < 1.29 is 4.79 Å². The monoisotopic (exact) mass is 301 g/mol. The summed E-state index contributed by atoms with van der Waals surface area (Å²) in [6.45, 7) is 3.82. The Morgan fingerprint density at radius 1 is 1.33 bits per heavy atom. The van der Waals surface area contributed by atoms with Crippen molar-refractivity contribution in [3.8, 4) is 0 Å². The predicted molar refractivity (Wildman–Crippen MR) is 84.6 cm³/mol. The van der Waals surface area contributed by atoms with Crippen LogP contribution in [0.25, 0.3) is 0 Å². The van der Waals surface area contributed by atoms with Crippen molar-refractivity contribution >= 4 is 22.4 Å². The Kier molecular flexibility index (Phi) is 3.76. The molecule has 0 fully saturated rings. The molecule has 0 unspecified atom stereocenters. The number of aromatic nitrogens is 2. The third kappa shape index (κ3) is 2.83. The summed E-state index contributed by atoms with van der Waals surface area (Å²) in [4.78, 5) is 22.6. The van der Waals surface area contributed by atoms with Crippen LogP contribution in [0, 0.1) is 0 Å². The number of anilines is 1. The zero-order valence-corrected chi connectivity index (χ0v) is 13.2. The van der Waals surface area contributed by atoms with Crippen molar-refractivity contribution in [2.75, 3.05) is 5.32 Å². The number of nitrogens with one attached hydrogen (secondary N) is 1. The molecule has 21 heavy (non-hydrogen) atoms. The number of rotatable bonds is 3. The van der Waals surface area contributed by atoms with Gasteiger partial charge in [-0.2, -0.15) is 0 Å². The standard InChI is InChI=1S/C16H19N3OS/c1-16(2,11-6-5-9-17-10-11)14(20)19-15-18-12-7-3-4-8-13(12)21-15/h5-6,9-10H,3-4,7-8H2,1-2H3,(H,18,19,20). The van der Waals surface area contributed by atoms with Crippen LogP contribution in [0.2, 0.25) is 0 Å². The highest BCUT2D eigenvalue weighted by Crippen LogP contribution is 2.31. The first-order chi connectivity index (χ1) is 10.1. The molecular weight excluding hydrogens is 282 g/mol. The Bertz CT molecular complexity index is 625. The van der Waals surface area contributed by atoms with Gasteiger partial charge in [0.15, 0.2) is 5.13 Å². The maximum atomic E-state index is 12.6. The number of carbonyl (C=O) groups excluding carboxylic acids is 1. The van der Waals surface area contributed by atoms with E-state index in [-0.39, 0.29) is 5.91 Å². The van der Waals surface area contributed by atoms with E-state index in [4.69, 9.17) is 0 Å². The maximum absolute atomic E-state index is 12.6. The van der Waals surface area contributed by atoms with Gasteiger partial charge >= 0.3 is 0 Å². The van der Waals surface area contributed by atoms with E-state index in [1.165, 1.54) is 23.4 Å². The zero-order valence-electron chi connectivity index (χ0n) is 12.3. The van der Waals surface area contributed by atoms with Crippen LogP contribution < -0.4 is 5.32 Å². The first kappa shape index (κ1) is 14.2. The molecule has 0 aliphatic heterocycles. The first-order valence-electron chi connectivity index (χ1n) is 7.28. The van der Waals surface area contributed by atoms with Gasteiger partial charge < -0.3 is 5.32 Å². The van der Waals surface area contributed by atoms with Gasteiger partial charge in [0.05, 0.1) is 11.1 Å². The summed E-state index contributed by atoms with van der Waals surface area (Å²) in [5, 5.41) is 3.70. The van der Waals surface area contributed by atoms with E-state index in [0.717, 1.165) is 23.5 Å². The highest BCUT2D eigenvalue weighted by molar-refractivity contribution is 7.15. The minimum absolute atomic E-state index is 0.0402. The molecule has 2 aromatic heterocycles. The van der Waals surface area contributed by atoms with Gasteiger partial charge in [-0.25, -0.2) is 4.98 Å². The Balaban J connectivity index is 1.78. The van der Waals surface area contributed by atoms with Crippen molar-refractivity contribution in [3.63, 3.8) is 0 Å². The molecule has 0 spiro atoms. The number of hydrogen-bond acceptors (Lipinski definition) is 4. The molecule has 0 radical (unpaired) electrons. The van der Waals surface area contributed by atoms with Gasteiger partial charge in [0.25, 0.3) is 0 Å². The van der Waals surface area contributed by atoms with Gasteiger partial charge in [0.2, 0.25) is 5.91 Å². The lowest BCUT2D eigenvalue weighted by molar-refractivity contribution is -0.120. The molecule has 0 saturated heterocycles. The molecule has 0 bridgehead atoms. The van der Waals surface area contributed by atoms with Crippen molar-refractivity contribution in [2.45, 2.75) is 44.9 Å². The molecule has 0 atom stereocenters. The van der Waals surface area contributed by atoms with Crippen LogP contribution in [0.1, 0.15) is 42.8 Å². The number of amides is 1. The average molecular weight is 301 g/mol. The SMILES string of the molecule is CC(C)(C(=O)Nc1nc2c(s1)CCCC2)c1cccnc1. The number of nitrogens with zero attached hydrogens (tertiary/aromatic N) is 2. The molecule has 0 saturated carbocycles.